The van der Waals surface area contributed by atoms with E-state index in [0.29, 0.717) is 5.92 Å². The number of aliphatic carboxylic acids is 1. The Morgan fingerprint density at radius 3 is 2.53 bits per heavy atom. The van der Waals surface area contributed by atoms with Gasteiger partial charge in [-0.2, -0.15) is 0 Å². The molecule has 104 valence electrons. The summed E-state index contributed by atoms with van der Waals surface area (Å²) >= 11 is 5.99. The zero-order valence-corrected chi connectivity index (χ0v) is 12.0. The summed E-state index contributed by atoms with van der Waals surface area (Å²) in [6.07, 6.45) is 3.19. The Morgan fingerprint density at radius 1 is 1.47 bits per heavy atom. The second kappa shape index (κ2) is 5.13. The fraction of sp³-hybridized carbons (Fsp3) is 0.462. The van der Waals surface area contributed by atoms with Crippen LogP contribution in [-0.2, 0) is 14.6 Å². The number of hydrogen-bond donors (Lipinski definition) is 1. The number of hydrogen-bond acceptors (Lipinski definition) is 3. The Balaban J connectivity index is 2.34. The van der Waals surface area contributed by atoms with E-state index in [9.17, 15) is 13.2 Å². The number of carbonyl (C=O) groups is 1. The molecule has 1 fully saturated rings. The van der Waals surface area contributed by atoms with Crippen LogP contribution in [0.5, 0.6) is 0 Å². The Kier molecular flexibility index (Phi) is 3.87. The summed E-state index contributed by atoms with van der Waals surface area (Å²) < 4.78 is 23.0. The second-order valence-corrected chi connectivity index (χ2v) is 7.40. The van der Waals surface area contributed by atoms with Crippen LogP contribution in [-0.4, -0.2) is 25.7 Å². The molecule has 1 atom stereocenters. The minimum absolute atomic E-state index is 0.0548. The summed E-state index contributed by atoms with van der Waals surface area (Å²) in [4.78, 5) is 11.0. The first-order chi connectivity index (χ1) is 8.79. The van der Waals surface area contributed by atoms with Crippen molar-refractivity contribution in [3.63, 3.8) is 0 Å². The summed E-state index contributed by atoms with van der Waals surface area (Å²) in [6.45, 7) is 0. The van der Waals surface area contributed by atoms with Gasteiger partial charge < -0.3 is 5.11 Å². The molecule has 19 heavy (non-hydrogen) atoms. The molecule has 4 nitrogen and oxygen atoms in total. The Bertz CT molecular complexity index is 605. The van der Waals surface area contributed by atoms with E-state index in [1.54, 1.807) is 12.1 Å². The van der Waals surface area contributed by atoms with E-state index in [2.05, 4.69) is 0 Å². The van der Waals surface area contributed by atoms with E-state index in [4.69, 9.17) is 16.7 Å². The van der Waals surface area contributed by atoms with E-state index in [1.165, 1.54) is 6.07 Å². The van der Waals surface area contributed by atoms with Crippen molar-refractivity contribution in [3.05, 3.63) is 28.8 Å². The van der Waals surface area contributed by atoms with Gasteiger partial charge in [-0.05, 0) is 42.4 Å². The van der Waals surface area contributed by atoms with Crippen molar-refractivity contribution in [1.82, 2.24) is 0 Å². The Hall–Kier alpha value is -1.07. The highest BCUT2D eigenvalue weighted by Gasteiger charge is 2.34. The molecule has 1 unspecified atom stereocenters. The van der Waals surface area contributed by atoms with Gasteiger partial charge in [-0.3, -0.25) is 4.79 Å². The van der Waals surface area contributed by atoms with Gasteiger partial charge >= 0.3 is 5.97 Å². The average Bonchev–Trinajstić information content (AvgIpc) is 3.07. The molecule has 2 rings (SSSR count). The molecule has 0 spiro atoms. The number of halogens is 1. The van der Waals surface area contributed by atoms with E-state index in [1.807, 2.05) is 0 Å². The molecule has 1 saturated carbocycles. The molecule has 0 aliphatic heterocycles. The third-order valence-corrected chi connectivity index (χ3v) is 4.95. The summed E-state index contributed by atoms with van der Waals surface area (Å²) in [7, 11) is -3.35. The molecule has 0 radical (unpaired) electrons. The number of carboxylic acids is 1. The summed E-state index contributed by atoms with van der Waals surface area (Å²) in [6, 6.07) is 4.72. The smallest absolute Gasteiger partial charge is 0.303 e. The number of benzene rings is 1. The molecule has 1 aromatic carbocycles. The minimum Gasteiger partial charge on any atom is -0.481 e. The van der Waals surface area contributed by atoms with Gasteiger partial charge in [-0.25, -0.2) is 8.42 Å². The normalized spacial score (nSPS) is 17.2. The van der Waals surface area contributed by atoms with E-state index < -0.39 is 15.8 Å². The van der Waals surface area contributed by atoms with Crippen molar-refractivity contribution in [3.8, 4) is 0 Å². The first kappa shape index (κ1) is 14.3. The van der Waals surface area contributed by atoms with Crippen LogP contribution in [0.4, 0.5) is 0 Å². The van der Waals surface area contributed by atoms with Crippen molar-refractivity contribution in [1.29, 1.82) is 0 Å². The standard InChI is InChI=1S/C13H15ClO4S/c1-19(17,18)12-5-4-9(6-11(12)14)10(7-13(15)16)8-2-3-8/h4-6,8,10H,2-3,7H2,1H3,(H,15,16). The maximum absolute atomic E-state index is 11.5. The highest BCUT2D eigenvalue weighted by atomic mass is 35.5. The lowest BCUT2D eigenvalue weighted by Gasteiger charge is -2.15. The van der Waals surface area contributed by atoms with Crippen LogP contribution in [0.15, 0.2) is 23.1 Å². The third-order valence-electron chi connectivity index (χ3n) is 3.37. The summed E-state index contributed by atoms with van der Waals surface area (Å²) in [5, 5.41) is 9.11. The van der Waals surface area contributed by atoms with Crippen molar-refractivity contribution in [2.75, 3.05) is 6.26 Å². The van der Waals surface area contributed by atoms with Crippen molar-refractivity contribution < 1.29 is 18.3 Å². The maximum atomic E-state index is 11.5. The molecule has 1 aromatic rings. The topological polar surface area (TPSA) is 71.4 Å². The van der Waals surface area contributed by atoms with Crippen LogP contribution in [0.2, 0.25) is 5.02 Å². The van der Waals surface area contributed by atoms with Crippen LogP contribution in [0.3, 0.4) is 0 Å². The number of sulfone groups is 1. The fourth-order valence-corrected chi connectivity index (χ4v) is 3.63. The lowest BCUT2D eigenvalue weighted by molar-refractivity contribution is -0.137. The summed E-state index contributed by atoms with van der Waals surface area (Å²) in [5.74, 6) is -0.555. The van der Waals surface area contributed by atoms with Crippen LogP contribution < -0.4 is 0 Å². The van der Waals surface area contributed by atoms with E-state index >= 15 is 0 Å². The molecule has 1 aliphatic rings. The monoisotopic (exact) mass is 302 g/mol. The molecule has 6 heteroatoms. The summed E-state index contributed by atoms with van der Waals surface area (Å²) in [5.41, 5.74) is 0.808. The van der Waals surface area contributed by atoms with Crippen LogP contribution in [0.1, 0.15) is 30.7 Å². The zero-order valence-electron chi connectivity index (χ0n) is 10.5. The first-order valence-corrected chi connectivity index (χ1v) is 8.27. The van der Waals surface area contributed by atoms with Gasteiger partial charge in [0, 0.05) is 6.26 Å². The molecule has 0 amide bonds. The van der Waals surface area contributed by atoms with Gasteiger partial charge in [-0.1, -0.05) is 17.7 Å². The predicted octanol–water partition coefficient (Wildman–Crippen LogP) is 2.71. The van der Waals surface area contributed by atoms with Gasteiger partial charge in [0.15, 0.2) is 9.84 Å². The van der Waals surface area contributed by atoms with Crippen LogP contribution in [0, 0.1) is 5.92 Å². The quantitative estimate of drug-likeness (QED) is 0.908. The molecule has 1 aliphatic carbocycles. The highest BCUT2D eigenvalue weighted by molar-refractivity contribution is 7.90. The molecule has 0 aromatic heterocycles. The first-order valence-electron chi connectivity index (χ1n) is 6.00. The lowest BCUT2D eigenvalue weighted by atomic mass is 9.91. The fourth-order valence-electron chi connectivity index (χ4n) is 2.29. The van der Waals surface area contributed by atoms with E-state index in [-0.39, 0.29) is 22.3 Å². The van der Waals surface area contributed by atoms with Crippen molar-refractivity contribution >= 4 is 27.4 Å². The van der Waals surface area contributed by atoms with Gasteiger partial charge in [0.05, 0.1) is 16.3 Å². The molecule has 1 N–H and O–H groups in total. The average molecular weight is 303 g/mol. The molecular formula is C13H15ClO4S. The largest absolute Gasteiger partial charge is 0.481 e. The molecule has 0 bridgehead atoms. The highest BCUT2D eigenvalue weighted by Crippen LogP contribution is 2.45. The minimum atomic E-state index is -3.35. The predicted molar refractivity (Wildman–Crippen MR) is 72.3 cm³/mol. The molecular weight excluding hydrogens is 288 g/mol. The van der Waals surface area contributed by atoms with E-state index in [0.717, 1.165) is 24.7 Å². The van der Waals surface area contributed by atoms with Crippen molar-refractivity contribution in [2.45, 2.75) is 30.1 Å². The molecule has 0 saturated heterocycles. The van der Waals surface area contributed by atoms with Gasteiger partial charge in [0.1, 0.15) is 0 Å². The van der Waals surface area contributed by atoms with Gasteiger partial charge in [0.25, 0.3) is 0 Å². The van der Waals surface area contributed by atoms with Crippen LogP contribution >= 0.6 is 11.6 Å². The lowest BCUT2D eigenvalue weighted by Crippen LogP contribution is -2.09. The van der Waals surface area contributed by atoms with Crippen molar-refractivity contribution in [2.24, 2.45) is 5.92 Å². The number of carboxylic acid groups (broad SMARTS) is 1. The Morgan fingerprint density at radius 2 is 2.11 bits per heavy atom. The Labute approximate surface area is 117 Å². The SMILES string of the molecule is CS(=O)(=O)c1ccc(C(CC(=O)O)C2CC2)cc1Cl. The third kappa shape index (κ3) is 3.48. The zero-order chi connectivity index (χ0) is 14.2. The van der Waals surface area contributed by atoms with Gasteiger partial charge in [0.2, 0.25) is 0 Å². The van der Waals surface area contributed by atoms with Gasteiger partial charge in [-0.15, -0.1) is 0 Å². The molecule has 0 heterocycles. The second-order valence-electron chi connectivity index (χ2n) is 5.00. The number of rotatable bonds is 5. The maximum Gasteiger partial charge on any atom is 0.303 e. The van der Waals surface area contributed by atoms with Crippen LogP contribution in [0.25, 0.3) is 0 Å².